The first-order valence-corrected chi connectivity index (χ1v) is 17.6. The van der Waals surface area contributed by atoms with Crippen LogP contribution in [0.3, 0.4) is 0 Å². The van der Waals surface area contributed by atoms with E-state index in [1.54, 1.807) is 43.1 Å². The number of aliphatic imine (C=N–C) groups is 1. The number of rotatable bonds is 6. The summed E-state index contributed by atoms with van der Waals surface area (Å²) in [5.41, 5.74) is 9.37. The number of hydrogen-bond donors (Lipinski definition) is 3. The predicted octanol–water partition coefficient (Wildman–Crippen LogP) is 6.66. The Labute approximate surface area is 302 Å². The summed E-state index contributed by atoms with van der Waals surface area (Å²) in [4.78, 5) is 52.1. The number of hydrogen-bond acceptors (Lipinski definition) is 10. The maximum atomic E-state index is 13.1. The van der Waals surface area contributed by atoms with Crippen LogP contribution >= 0.6 is 11.8 Å². The quantitative estimate of drug-likeness (QED) is 0.129. The number of pyridine rings is 1. The van der Waals surface area contributed by atoms with Crippen LogP contribution in [-0.4, -0.2) is 74.1 Å². The maximum Gasteiger partial charge on any atom is 0.417 e. The Morgan fingerprint density at radius 3 is 2.45 bits per heavy atom. The Morgan fingerprint density at radius 1 is 1.06 bits per heavy atom. The lowest BCUT2D eigenvalue weighted by atomic mass is 10.0. The fourth-order valence-corrected chi connectivity index (χ4v) is 6.65. The molecule has 1 aromatic heterocycles. The molecule has 51 heavy (non-hydrogen) atoms. The van der Waals surface area contributed by atoms with Crippen LogP contribution < -0.4 is 21.3 Å². The van der Waals surface area contributed by atoms with Gasteiger partial charge in [0.2, 0.25) is 5.91 Å². The predicted molar refractivity (Wildman–Crippen MR) is 201 cm³/mol. The lowest BCUT2D eigenvalue weighted by molar-refractivity contribution is -0.128. The summed E-state index contributed by atoms with van der Waals surface area (Å²) >= 11 is 1.66. The molecule has 13 heteroatoms. The molecule has 266 valence electrons. The van der Waals surface area contributed by atoms with Crippen LogP contribution in [0.1, 0.15) is 47.8 Å². The van der Waals surface area contributed by atoms with Crippen LogP contribution in [0.15, 0.2) is 99.8 Å². The Balaban J connectivity index is 0.000000664. The van der Waals surface area contributed by atoms with Crippen LogP contribution in [0.2, 0.25) is 0 Å². The second kappa shape index (κ2) is 18.0. The molecule has 1 atom stereocenters. The van der Waals surface area contributed by atoms with Gasteiger partial charge in [0.05, 0.1) is 42.2 Å². The SMILES string of the molecule is CCC.CN=CN.O=C(Nc1ccc2c(c1)Nc1nccc(N3CCOCC3)c1S2)c1ccc(CC(=O)N2C(=O)OCC2c2ccccc2)cc1. The molecule has 4 heterocycles. The van der Waals surface area contributed by atoms with Gasteiger partial charge in [-0.15, -0.1) is 0 Å². The molecule has 3 amide bonds. The molecule has 0 aliphatic carbocycles. The van der Waals surface area contributed by atoms with Gasteiger partial charge in [-0.25, -0.2) is 14.7 Å². The number of nitrogens with one attached hydrogen (secondary N) is 2. The van der Waals surface area contributed by atoms with Crippen molar-refractivity contribution in [3.05, 3.63) is 102 Å². The van der Waals surface area contributed by atoms with Gasteiger partial charge in [0, 0.05) is 42.5 Å². The molecule has 3 aliphatic heterocycles. The lowest BCUT2D eigenvalue weighted by Gasteiger charge is -2.32. The second-order valence-corrected chi connectivity index (χ2v) is 12.8. The number of imide groups is 1. The van der Waals surface area contributed by atoms with E-state index >= 15 is 0 Å². The minimum Gasteiger partial charge on any atom is -0.446 e. The summed E-state index contributed by atoms with van der Waals surface area (Å²) in [6, 6.07) is 23.5. The molecule has 0 saturated carbocycles. The van der Waals surface area contributed by atoms with Gasteiger partial charge in [-0.3, -0.25) is 14.6 Å². The molecule has 0 spiro atoms. The van der Waals surface area contributed by atoms with Crippen molar-refractivity contribution in [3.8, 4) is 0 Å². The number of anilines is 4. The minimum atomic E-state index is -0.644. The first-order chi connectivity index (χ1) is 24.9. The molecule has 0 radical (unpaired) electrons. The summed E-state index contributed by atoms with van der Waals surface area (Å²) < 4.78 is 10.7. The Morgan fingerprint density at radius 2 is 1.76 bits per heavy atom. The van der Waals surface area contributed by atoms with Gasteiger partial charge in [-0.05, 0) is 47.5 Å². The third-order valence-electron chi connectivity index (χ3n) is 7.98. The van der Waals surface area contributed by atoms with E-state index in [-0.39, 0.29) is 24.8 Å². The first kappa shape index (κ1) is 36.9. The summed E-state index contributed by atoms with van der Waals surface area (Å²) in [7, 11) is 1.62. The highest BCUT2D eigenvalue weighted by Crippen LogP contribution is 2.48. The van der Waals surface area contributed by atoms with Crippen molar-refractivity contribution < 1.29 is 23.9 Å². The van der Waals surface area contributed by atoms with Crippen molar-refractivity contribution in [1.29, 1.82) is 0 Å². The molecule has 0 bridgehead atoms. The summed E-state index contributed by atoms with van der Waals surface area (Å²) in [5, 5.41) is 6.39. The zero-order valence-electron chi connectivity index (χ0n) is 29.0. The highest BCUT2D eigenvalue weighted by atomic mass is 32.2. The lowest BCUT2D eigenvalue weighted by Crippen LogP contribution is -2.36. The Kier molecular flexibility index (Phi) is 13.0. The number of benzene rings is 3. The van der Waals surface area contributed by atoms with E-state index in [4.69, 9.17) is 15.2 Å². The van der Waals surface area contributed by atoms with Crippen LogP contribution in [-0.2, 0) is 20.7 Å². The largest absolute Gasteiger partial charge is 0.446 e. The van der Waals surface area contributed by atoms with Gasteiger partial charge in [0.1, 0.15) is 18.5 Å². The minimum absolute atomic E-state index is 0.0112. The molecule has 4 aromatic rings. The van der Waals surface area contributed by atoms with E-state index in [0.717, 1.165) is 45.6 Å². The van der Waals surface area contributed by atoms with E-state index in [2.05, 4.69) is 39.4 Å². The smallest absolute Gasteiger partial charge is 0.417 e. The van der Waals surface area contributed by atoms with Crippen molar-refractivity contribution >= 4 is 58.9 Å². The van der Waals surface area contributed by atoms with E-state index in [1.165, 1.54) is 17.7 Å². The molecular formula is C38H43N7O5S. The number of carbonyl (C=O) groups excluding carboxylic acids is 3. The number of fused-ring (bicyclic) bond motifs is 2. The average Bonchev–Trinajstić information content (AvgIpc) is 3.56. The zero-order chi connectivity index (χ0) is 36.2. The number of carbonyl (C=O) groups is 3. The van der Waals surface area contributed by atoms with Gasteiger partial charge in [0.15, 0.2) is 0 Å². The highest BCUT2D eigenvalue weighted by molar-refractivity contribution is 8.00. The third-order valence-corrected chi connectivity index (χ3v) is 9.17. The van der Waals surface area contributed by atoms with Crippen molar-refractivity contribution in [2.24, 2.45) is 10.7 Å². The average molecular weight is 710 g/mol. The Bertz CT molecular complexity index is 1830. The highest BCUT2D eigenvalue weighted by Gasteiger charge is 2.38. The molecule has 2 saturated heterocycles. The van der Waals surface area contributed by atoms with Crippen molar-refractivity contribution in [1.82, 2.24) is 9.88 Å². The van der Waals surface area contributed by atoms with E-state index in [1.807, 2.05) is 60.8 Å². The van der Waals surface area contributed by atoms with E-state index in [9.17, 15) is 14.4 Å². The number of nitrogens with two attached hydrogens (primary N) is 1. The summed E-state index contributed by atoms with van der Waals surface area (Å²) in [6.45, 7) is 7.48. The molecule has 7 rings (SSSR count). The van der Waals surface area contributed by atoms with Gasteiger partial charge in [-0.2, -0.15) is 0 Å². The van der Waals surface area contributed by atoms with E-state index < -0.39 is 12.1 Å². The third kappa shape index (κ3) is 9.24. The normalized spacial score (nSPS) is 16.0. The number of amides is 3. The molecule has 2 fully saturated rings. The Hall–Kier alpha value is -5.40. The number of cyclic esters (lactones) is 1. The number of ether oxygens (including phenoxy) is 2. The fourth-order valence-electron chi connectivity index (χ4n) is 5.57. The van der Waals surface area contributed by atoms with Crippen LogP contribution in [0.25, 0.3) is 0 Å². The van der Waals surface area contributed by atoms with Crippen LogP contribution in [0, 0.1) is 0 Å². The van der Waals surface area contributed by atoms with Gasteiger partial charge in [-0.1, -0.05) is 74.5 Å². The first-order valence-electron chi connectivity index (χ1n) is 16.8. The molecule has 3 aromatic carbocycles. The molecule has 1 unspecified atom stereocenters. The standard InChI is InChI=1S/C33H29N5O5S.C3H8.C2H6N2/c39-29(38-27(20-43-33(38)41)22-4-2-1-3-5-22)18-21-6-8-23(9-7-21)32(40)35-24-10-11-28-25(19-24)36-31-30(44-28)26(12-13-34-31)37-14-16-42-17-15-37;1-3-2;1-4-2-3/h1-13,19,27H,14-18,20H2,(H,34,36)(H,35,40);3H2,1-2H3;2H,1H3,(H2,3,4). The van der Waals surface area contributed by atoms with Gasteiger partial charge >= 0.3 is 6.09 Å². The maximum absolute atomic E-state index is 13.1. The molecule has 4 N–H and O–H groups in total. The van der Waals surface area contributed by atoms with Crippen molar-refractivity contribution in [2.45, 2.75) is 42.5 Å². The van der Waals surface area contributed by atoms with Crippen LogP contribution in [0.4, 0.5) is 27.7 Å². The van der Waals surface area contributed by atoms with Gasteiger partial charge in [0.25, 0.3) is 5.91 Å². The van der Waals surface area contributed by atoms with E-state index in [0.29, 0.717) is 30.0 Å². The van der Waals surface area contributed by atoms with Crippen molar-refractivity contribution in [2.75, 3.05) is 55.5 Å². The topological polar surface area (TPSA) is 151 Å². The summed E-state index contributed by atoms with van der Waals surface area (Å²) in [6.07, 6.45) is 3.68. The molecule has 3 aliphatic rings. The van der Waals surface area contributed by atoms with Gasteiger partial charge < -0.3 is 30.7 Å². The fraction of sp³-hybridized carbons (Fsp3) is 0.289. The summed E-state index contributed by atoms with van der Waals surface area (Å²) in [5.74, 6) is 0.162. The molecule has 12 nitrogen and oxygen atoms in total. The zero-order valence-corrected chi connectivity index (χ0v) is 29.8. The number of nitrogens with zero attached hydrogens (tertiary/aromatic N) is 4. The molecular weight excluding hydrogens is 667 g/mol. The number of aromatic nitrogens is 1. The monoisotopic (exact) mass is 709 g/mol. The van der Waals surface area contributed by atoms with Crippen LogP contribution in [0.5, 0.6) is 0 Å². The second-order valence-electron chi connectivity index (χ2n) is 11.8. The number of morpholine rings is 1. The van der Waals surface area contributed by atoms with Crippen molar-refractivity contribution in [3.63, 3.8) is 0 Å².